The summed E-state index contributed by atoms with van der Waals surface area (Å²) in [7, 11) is 0. The molecule has 1 aliphatic carbocycles. The van der Waals surface area contributed by atoms with E-state index in [4.69, 9.17) is 14.4 Å². The van der Waals surface area contributed by atoms with Gasteiger partial charge < -0.3 is 4.42 Å². The van der Waals surface area contributed by atoms with E-state index in [-0.39, 0.29) is 0 Å². The number of benzene rings is 9. The molecule has 0 bridgehead atoms. The molecule has 0 saturated heterocycles. The fourth-order valence-corrected chi connectivity index (χ4v) is 9.87. The smallest absolute Gasteiger partial charge is 0.160 e. The van der Waals surface area contributed by atoms with Crippen LogP contribution in [0.15, 0.2) is 235 Å². The fraction of sp³-hybridized carbons (Fsp3) is 0.0169. The molecule has 62 heavy (non-hydrogen) atoms. The van der Waals surface area contributed by atoms with Crippen molar-refractivity contribution in [2.24, 2.45) is 0 Å². The number of fused-ring (bicyclic) bond motifs is 6. The van der Waals surface area contributed by atoms with Crippen molar-refractivity contribution in [1.29, 1.82) is 0 Å². The van der Waals surface area contributed by atoms with E-state index in [0.29, 0.717) is 5.82 Å². The lowest BCUT2D eigenvalue weighted by molar-refractivity contribution is 0.669. The molecule has 0 N–H and O–H groups in total. The van der Waals surface area contributed by atoms with Gasteiger partial charge >= 0.3 is 0 Å². The van der Waals surface area contributed by atoms with Crippen LogP contribution in [0.2, 0.25) is 0 Å². The number of hydrogen-bond acceptors (Lipinski definition) is 3. The van der Waals surface area contributed by atoms with Gasteiger partial charge in [0.05, 0.1) is 16.8 Å². The third kappa shape index (κ3) is 5.67. The third-order valence-electron chi connectivity index (χ3n) is 12.6. The Kier molecular flexibility index (Phi) is 8.39. The predicted octanol–water partition coefficient (Wildman–Crippen LogP) is 15.1. The molecule has 0 saturated carbocycles. The van der Waals surface area contributed by atoms with Crippen molar-refractivity contribution in [3.8, 4) is 67.3 Å². The van der Waals surface area contributed by atoms with Gasteiger partial charge in [0.2, 0.25) is 0 Å². The maximum atomic E-state index is 6.26. The Bertz CT molecular complexity index is 3400. The normalized spacial score (nSPS) is 12.6. The highest BCUT2D eigenvalue weighted by molar-refractivity contribution is 6.12. The number of hydrogen-bond donors (Lipinski definition) is 0. The quantitative estimate of drug-likeness (QED) is 0.161. The van der Waals surface area contributed by atoms with E-state index in [1.54, 1.807) is 0 Å². The SMILES string of the molecule is c1ccc(-c2nc(-c3ccc(-c4cccc5c4-c4ccccc4C5(c4ccccc4)c4ccccc4)cc3)cc(-c3cccc(-c4cccc5oc6ccccc6c45)c3)n2)cc1. The summed E-state index contributed by atoms with van der Waals surface area (Å²) in [5.41, 5.74) is 18.3. The van der Waals surface area contributed by atoms with Crippen molar-refractivity contribution in [3.63, 3.8) is 0 Å². The first-order valence-electron chi connectivity index (χ1n) is 21.1. The summed E-state index contributed by atoms with van der Waals surface area (Å²) in [6.45, 7) is 0. The molecule has 2 heterocycles. The molecule has 0 unspecified atom stereocenters. The first-order valence-corrected chi connectivity index (χ1v) is 21.1. The maximum Gasteiger partial charge on any atom is 0.160 e. The molecule has 9 aromatic carbocycles. The Balaban J connectivity index is 0.980. The summed E-state index contributed by atoms with van der Waals surface area (Å²) in [6, 6.07) is 82.2. The van der Waals surface area contributed by atoms with Crippen LogP contribution in [-0.2, 0) is 5.41 Å². The molecular formula is C59H38N2O. The number of aromatic nitrogens is 2. The van der Waals surface area contributed by atoms with Gasteiger partial charge in [-0.3, -0.25) is 0 Å². The predicted molar refractivity (Wildman–Crippen MR) is 254 cm³/mol. The minimum atomic E-state index is -0.453. The Morgan fingerprint density at radius 3 is 1.65 bits per heavy atom. The standard InChI is InChI=1S/C59H38N2O/c1-4-17-41(18-5-1)58-60-52(38-53(61-58)43-20-14-19-42(37-43)47-28-16-32-55-57(47)49-26-11-13-31-54(49)62-55)40-35-33-39(34-36-40)46-27-15-30-51-56(46)48-25-10-12-29-50(48)59(51,44-21-6-2-7-22-44)45-23-8-3-9-24-45/h1-38H. The van der Waals surface area contributed by atoms with Crippen molar-refractivity contribution >= 4 is 21.9 Å². The van der Waals surface area contributed by atoms with Gasteiger partial charge in [-0.15, -0.1) is 0 Å². The monoisotopic (exact) mass is 790 g/mol. The van der Waals surface area contributed by atoms with Gasteiger partial charge in [0.15, 0.2) is 5.82 Å². The van der Waals surface area contributed by atoms with Crippen LogP contribution in [-0.4, -0.2) is 9.97 Å². The van der Waals surface area contributed by atoms with Gasteiger partial charge in [-0.1, -0.05) is 206 Å². The van der Waals surface area contributed by atoms with Gasteiger partial charge in [-0.25, -0.2) is 9.97 Å². The van der Waals surface area contributed by atoms with E-state index in [2.05, 4.69) is 194 Å². The van der Waals surface area contributed by atoms with Crippen molar-refractivity contribution in [2.45, 2.75) is 5.41 Å². The van der Waals surface area contributed by atoms with Crippen LogP contribution in [0.5, 0.6) is 0 Å². The molecule has 290 valence electrons. The Hall–Kier alpha value is -8.14. The molecule has 11 aromatic rings. The van der Waals surface area contributed by atoms with Gasteiger partial charge in [-0.2, -0.15) is 0 Å². The van der Waals surface area contributed by atoms with Gasteiger partial charge in [-0.05, 0) is 79.9 Å². The number of furan rings is 1. The molecular weight excluding hydrogens is 753 g/mol. The molecule has 2 aromatic heterocycles. The lowest BCUT2D eigenvalue weighted by Gasteiger charge is -2.34. The molecule has 0 fully saturated rings. The second-order valence-electron chi connectivity index (χ2n) is 16.0. The Morgan fingerprint density at radius 1 is 0.339 bits per heavy atom. The summed E-state index contributed by atoms with van der Waals surface area (Å²) >= 11 is 0. The highest BCUT2D eigenvalue weighted by Crippen LogP contribution is 2.58. The van der Waals surface area contributed by atoms with Crippen LogP contribution in [0.3, 0.4) is 0 Å². The minimum Gasteiger partial charge on any atom is -0.456 e. The average Bonchev–Trinajstić information content (AvgIpc) is 3.89. The van der Waals surface area contributed by atoms with Crippen molar-refractivity contribution in [1.82, 2.24) is 9.97 Å². The second-order valence-corrected chi connectivity index (χ2v) is 16.0. The summed E-state index contributed by atoms with van der Waals surface area (Å²) in [4.78, 5) is 10.4. The van der Waals surface area contributed by atoms with Gasteiger partial charge in [0.25, 0.3) is 0 Å². The van der Waals surface area contributed by atoms with Crippen LogP contribution in [0.1, 0.15) is 22.3 Å². The zero-order valence-corrected chi connectivity index (χ0v) is 33.7. The van der Waals surface area contributed by atoms with E-state index in [1.165, 1.54) is 38.9 Å². The molecule has 12 rings (SSSR count). The summed E-state index contributed by atoms with van der Waals surface area (Å²) in [6.07, 6.45) is 0. The molecule has 1 aliphatic rings. The minimum absolute atomic E-state index is 0.453. The lowest BCUT2D eigenvalue weighted by atomic mass is 9.67. The third-order valence-corrected chi connectivity index (χ3v) is 12.6. The number of nitrogens with zero attached hydrogens (tertiary/aromatic N) is 2. The molecule has 0 spiro atoms. The summed E-state index contributed by atoms with van der Waals surface area (Å²) in [5, 5.41) is 2.23. The van der Waals surface area contributed by atoms with E-state index in [0.717, 1.165) is 66.7 Å². The van der Waals surface area contributed by atoms with Gasteiger partial charge in [0, 0.05) is 27.5 Å². The molecule has 0 radical (unpaired) electrons. The largest absolute Gasteiger partial charge is 0.456 e. The summed E-state index contributed by atoms with van der Waals surface area (Å²) in [5.74, 6) is 0.686. The van der Waals surface area contributed by atoms with E-state index in [1.807, 2.05) is 36.4 Å². The fourth-order valence-electron chi connectivity index (χ4n) is 9.87. The van der Waals surface area contributed by atoms with E-state index >= 15 is 0 Å². The van der Waals surface area contributed by atoms with Crippen molar-refractivity contribution < 1.29 is 4.42 Å². The first-order chi connectivity index (χ1) is 30.7. The molecule has 0 aliphatic heterocycles. The van der Waals surface area contributed by atoms with Crippen LogP contribution in [0, 0.1) is 0 Å². The topological polar surface area (TPSA) is 38.9 Å². The van der Waals surface area contributed by atoms with Crippen molar-refractivity contribution in [2.75, 3.05) is 0 Å². The highest BCUT2D eigenvalue weighted by Gasteiger charge is 2.46. The molecule has 3 nitrogen and oxygen atoms in total. The van der Waals surface area contributed by atoms with Crippen LogP contribution in [0.4, 0.5) is 0 Å². The first kappa shape index (κ1) is 35.8. The van der Waals surface area contributed by atoms with E-state index in [9.17, 15) is 0 Å². The van der Waals surface area contributed by atoms with Gasteiger partial charge in [0.1, 0.15) is 11.2 Å². The number of para-hydroxylation sites is 1. The zero-order valence-electron chi connectivity index (χ0n) is 33.7. The molecule has 0 atom stereocenters. The Morgan fingerprint density at radius 2 is 0.871 bits per heavy atom. The van der Waals surface area contributed by atoms with Crippen LogP contribution < -0.4 is 0 Å². The van der Waals surface area contributed by atoms with Crippen LogP contribution in [0.25, 0.3) is 89.2 Å². The second kappa shape index (κ2) is 14.5. The molecule has 0 amide bonds. The maximum absolute atomic E-state index is 6.26. The Labute approximate surface area is 360 Å². The lowest BCUT2D eigenvalue weighted by Crippen LogP contribution is -2.28. The van der Waals surface area contributed by atoms with Crippen LogP contribution >= 0.6 is 0 Å². The zero-order chi connectivity index (χ0) is 41.0. The van der Waals surface area contributed by atoms with Crippen molar-refractivity contribution in [3.05, 3.63) is 253 Å². The number of rotatable bonds is 7. The molecule has 3 heteroatoms. The average molecular weight is 791 g/mol. The highest BCUT2D eigenvalue weighted by atomic mass is 16.3. The summed E-state index contributed by atoms with van der Waals surface area (Å²) < 4.78 is 6.26. The van der Waals surface area contributed by atoms with E-state index < -0.39 is 5.41 Å².